The van der Waals surface area contributed by atoms with Crippen LogP contribution in [0.5, 0.6) is 0 Å². The van der Waals surface area contributed by atoms with Crippen LogP contribution in [0.15, 0.2) is 0 Å². The largest absolute Gasteiger partial charge is 0.396 e. The van der Waals surface area contributed by atoms with Crippen molar-refractivity contribution in [1.82, 2.24) is 0 Å². The number of aliphatic hydroxyl groups is 4. The van der Waals surface area contributed by atoms with E-state index in [0.29, 0.717) is 13.0 Å². The maximum atomic E-state index is 8.69. The Balaban J connectivity index is -0.000000213. The fourth-order valence-electron chi connectivity index (χ4n) is 0.543. The lowest BCUT2D eigenvalue weighted by molar-refractivity contribution is -0.0177. The lowest BCUT2D eigenvalue weighted by Crippen LogP contribution is -2.19. The van der Waals surface area contributed by atoms with E-state index >= 15 is 0 Å². The normalized spacial score (nSPS) is 14.6. The Kier molecular flexibility index (Phi) is 23.4. The molecule has 3 unspecified atom stereocenters. The van der Waals surface area contributed by atoms with E-state index in [1.807, 2.05) is 0 Å². The van der Waals surface area contributed by atoms with Gasteiger partial charge in [0.1, 0.15) is 0 Å². The average Bonchev–Trinajstić information content (AvgIpc) is 2.29. The second-order valence-corrected chi connectivity index (χ2v) is 3.54. The van der Waals surface area contributed by atoms with Crippen molar-refractivity contribution >= 4 is 0 Å². The number of hydrogen-bond donors (Lipinski definition) is 6. The molecule has 0 aromatic heterocycles. The summed E-state index contributed by atoms with van der Waals surface area (Å²) < 4.78 is 4.95. The second-order valence-electron chi connectivity index (χ2n) is 3.54. The molecule has 7 nitrogen and oxygen atoms in total. The predicted octanol–water partition coefficient (Wildman–Crippen LogP) is -1.67. The van der Waals surface area contributed by atoms with Crippen molar-refractivity contribution in [3.63, 3.8) is 0 Å². The Morgan fingerprint density at radius 3 is 1.65 bits per heavy atom. The van der Waals surface area contributed by atoms with Crippen LogP contribution in [0.25, 0.3) is 0 Å². The summed E-state index contributed by atoms with van der Waals surface area (Å²) in [7, 11) is 0. The molecule has 108 valence electrons. The summed E-state index contributed by atoms with van der Waals surface area (Å²) in [6, 6.07) is 0. The zero-order valence-corrected chi connectivity index (χ0v) is 10.9. The standard InChI is InChI=1S/C6H14O3.C4H10O2.H4N2/c1-5(8)4-9-6(2)3-7;1-4(6)2-3-5;1-2/h5-8H,3-4H2,1-2H3;4-6H,2-3H2,1H3;1-2H2. The molecular formula is C10H28N2O5. The quantitative estimate of drug-likeness (QED) is 0.246. The van der Waals surface area contributed by atoms with Gasteiger partial charge in [0.05, 0.1) is 31.5 Å². The molecule has 0 bridgehead atoms. The first kappa shape index (κ1) is 21.9. The Morgan fingerprint density at radius 2 is 1.47 bits per heavy atom. The van der Waals surface area contributed by atoms with E-state index in [-0.39, 0.29) is 25.4 Å². The van der Waals surface area contributed by atoms with Crippen LogP contribution in [0, 0.1) is 0 Å². The monoisotopic (exact) mass is 256 g/mol. The minimum Gasteiger partial charge on any atom is -0.396 e. The summed E-state index contributed by atoms with van der Waals surface area (Å²) in [5.41, 5.74) is 0. The molecule has 3 atom stereocenters. The van der Waals surface area contributed by atoms with E-state index in [1.165, 1.54) is 0 Å². The molecule has 0 saturated heterocycles. The number of hydrazine groups is 1. The van der Waals surface area contributed by atoms with Gasteiger partial charge in [-0.05, 0) is 27.2 Å². The molecule has 0 aromatic rings. The molecule has 0 rings (SSSR count). The van der Waals surface area contributed by atoms with Gasteiger partial charge in [-0.1, -0.05) is 0 Å². The van der Waals surface area contributed by atoms with Crippen LogP contribution in [0.1, 0.15) is 27.2 Å². The first-order valence-corrected chi connectivity index (χ1v) is 5.46. The minimum absolute atomic E-state index is 0.00667. The number of nitrogens with two attached hydrogens (primary N) is 2. The molecule has 0 aliphatic carbocycles. The fourth-order valence-corrected chi connectivity index (χ4v) is 0.543. The lowest BCUT2D eigenvalue weighted by atomic mass is 10.3. The van der Waals surface area contributed by atoms with Crippen LogP contribution in [0.2, 0.25) is 0 Å². The summed E-state index contributed by atoms with van der Waals surface area (Å²) >= 11 is 0. The van der Waals surface area contributed by atoms with E-state index in [0.717, 1.165) is 0 Å². The van der Waals surface area contributed by atoms with Gasteiger partial charge in [-0.2, -0.15) is 0 Å². The van der Waals surface area contributed by atoms with Crippen LogP contribution < -0.4 is 11.7 Å². The van der Waals surface area contributed by atoms with E-state index in [9.17, 15) is 0 Å². The molecule has 0 aliphatic rings. The maximum absolute atomic E-state index is 8.69. The summed E-state index contributed by atoms with van der Waals surface area (Å²) in [6.45, 7) is 5.43. The maximum Gasteiger partial charge on any atom is 0.0779 e. The Labute approximate surface area is 103 Å². The predicted molar refractivity (Wildman–Crippen MR) is 65.9 cm³/mol. The highest BCUT2D eigenvalue weighted by Gasteiger charge is 2.00. The van der Waals surface area contributed by atoms with Gasteiger partial charge in [0.15, 0.2) is 0 Å². The van der Waals surface area contributed by atoms with E-state index in [4.69, 9.17) is 25.2 Å². The van der Waals surface area contributed by atoms with Crippen LogP contribution in [0.3, 0.4) is 0 Å². The van der Waals surface area contributed by atoms with Crippen molar-refractivity contribution in [2.45, 2.75) is 45.5 Å². The van der Waals surface area contributed by atoms with Crippen molar-refractivity contribution < 1.29 is 25.2 Å². The van der Waals surface area contributed by atoms with Crippen LogP contribution in [-0.2, 0) is 4.74 Å². The first-order valence-electron chi connectivity index (χ1n) is 5.46. The lowest BCUT2D eigenvalue weighted by Gasteiger charge is -2.10. The molecule has 17 heavy (non-hydrogen) atoms. The van der Waals surface area contributed by atoms with E-state index in [1.54, 1.807) is 20.8 Å². The number of aliphatic hydroxyl groups excluding tert-OH is 4. The molecule has 7 heteroatoms. The summed E-state index contributed by atoms with van der Waals surface area (Å²) in [4.78, 5) is 0. The van der Waals surface area contributed by atoms with Gasteiger partial charge >= 0.3 is 0 Å². The second kappa shape index (κ2) is 18.1. The zero-order chi connectivity index (χ0) is 14.3. The average molecular weight is 256 g/mol. The Morgan fingerprint density at radius 1 is 1.00 bits per heavy atom. The molecule has 0 fully saturated rings. The van der Waals surface area contributed by atoms with E-state index < -0.39 is 6.10 Å². The van der Waals surface area contributed by atoms with Crippen LogP contribution in [-0.4, -0.2) is 58.6 Å². The molecule has 0 aliphatic heterocycles. The molecule has 0 spiro atoms. The third kappa shape index (κ3) is 31.3. The van der Waals surface area contributed by atoms with Crippen molar-refractivity contribution in [1.29, 1.82) is 0 Å². The highest BCUT2D eigenvalue weighted by atomic mass is 16.5. The molecule has 0 heterocycles. The SMILES string of the molecule is CC(O)CCO.CC(O)COC(C)CO.NN. The van der Waals surface area contributed by atoms with Gasteiger partial charge in [-0.3, -0.25) is 11.7 Å². The highest BCUT2D eigenvalue weighted by molar-refractivity contribution is 4.47. The Bertz CT molecular complexity index is 125. The number of hydrogen-bond acceptors (Lipinski definition) is 7. The summed E-state index contributed by atoms with van der Waals surface area (Å²) in [5, 5.41) is 33.6. The minimum atomic E-state index is -0.445. The summed E-state index contributed by atoms with van der Waals surface area (Å²) in [5.74, 6) is 8.00. The van der Waals surface area contributed by atoms with Gasteiger partial charge < -0.3 is 25.2 Å². The molecule has 0 amide bonds. The molecule has 0 radical (unpaired) electrons. The van der Waals surface area contributed by atoms with Crippen molar-refractivity contribution in [3.8, 4) is 0 Å². The number of rotatable bonds is 6. The van der Waals surface area contributed by atoms with Gasteiger partial charge in [0, 0.05) is 6.61 Å². The smallest absolute Gasteiger partial charge is 0.0779 e. The zero-order valence-electron chi connectivity index (χ0n) is 10.9. The van der Waals surface area contributed by atoms with Gasteiger partial charge in [0.25, 0.3) is 0 Å². The van der Waals surface area contributed by atoms with Gasteiger partial charge in [-0.15, -0.1) is 0 Å². The number of ether oxygens (including phenoxy) is 1. The van der Waals surface area contributed by atoms with Crippen molar-refractivity contribution in [2.75, 3.05) is 19.8 Å². The van der Waals surface area contributed by atoms with Crippen molar-refractivity contribution in [3.05, 3.63) is 0 Å². The third-order valence-electron chi connectivity index (χ3n) is 1.43. The third-order valence-corrected chi connectivity index (χ3v) is 1.43. The molecule has 8 N–H and O–H groups in total. The van der Waals surface area contributed by atoms with Crippen LogP contribution >= 0.6 is 0 Å². The fraction of sp³-hybridized carbons (Fsp3) is 1.00. The van der Waals surface area contributed by atoms with Crippen LogP contribution in [0.4, 0.5) is 0 Å². The molecule has 0 saturated carbocycles. The van der Waals surface area contributed by atoms with Gasteiger partial charge in [0.2, 0.25) is 0 Å². The van der Waals surface area contributed by atoms with Gasteiger partial charge in [-0.25, -0.2) is 0 Å². The first-order chi connectivity index (χ1) is 7.93. The molecule has 0 aromatic carbocycles. The highest BCUT2D eigenvalue weighted by Crippen LogP contribution is 1.90. The molecular weight excluding hydrogens is 228 g/mol. The van der Waals surface area contributed by atoms with Crippen molar-refractivity contribution in [2.24, 2.45) is 11.7 Å². The Hall–Kier alpha value is -0.280. The van der Waals surface area contributed by atoms with E-state index in [2.05, 4.69) is 11.7 Å². The summed E-state index contributed by atoms with van der Waals surface area (Å²) in [6.07, 6.45) is -0.478. The topological polar surface area (TPSA) is 142 Å².